The predicted octanol–water partition coefficient (Wildman–Crippen LogP) is 3.96. The maximum atomic E-state index is 12.9. The van der Waals surface area contributed by atoms with E-state index in [4.69, 9.17) is 18.9 Å². The van der Waals surface area contributed by atoms with E-state index in [1.165, 1.54) is 26.3 Å². The van der Waals surface area contributed by atoms with E-state index in [2.05, 4.69) is 10.3 Å². The van der Waals surface area contributed by atoms with Crippen LogP contribution in [-0.2, 0) is 22.4 Å². The van der Waals surface area contributed by atoms with E-state index in [9.17, 15) is 14.7 Å². The summed E-state index contributed by atoms with van der Waals surface area (Å²) < 4.78 is 21.3. The molecular weight excluding hydrogens is 488 g/mol. The minimum atomic E-state index is -0.972. The van der Waals surface area contributed by atoms with Crippen molar-refractivity contribution < 1.29 is 33.6 Å². The Kier molecular flexibility index (Phi) is 9.92. The number of ether oxygens (including phenoxy) is 4. The first kappa shape index (κ1) is 28.3. The second kappa shape index (κ2) is 13.3. The first-order valence-corrected chi connectivity index (χ1v) is 12.2. The van der Waals surface area contributed by atoms with Crippen LogP contribution in [0.5, 0.6) is 23.0 Å². The van der Waals surface area contributed by atoms with E-state index in [0.717, 1.165) is 22.6 Å². The van der Waals surface area contributed by atoms with Crippen LogP contribution in [0, 0.1) is 5.92 Å². The van der Waals surface area contributed by atoms with Crippen LogP contribution in [0.2, 0.25) is 0 Å². The zero-order chi connectivity index (χ0) is 27.7. The molecule has 9 nitrogen and oxygen atoms in total. The van der Waals surface area contributed by atoms with E-state index in [0.29, 0.717) is 12.8 Å². The number of hydrogen-bond donors (Lipinski definition) is 2. The first-order chi connectivity index (χ1) is 18.2. The quantitative estimate of drug-likeness (QED) is 0.344. The molecule has 1 heterocycles. The van der Waals surface area contributed by atoms with Gasteiger partial charge in [-0.05, 0) is 62.1 Å². The first-order valence-electron chi connectivity index (χ1n) is 12.2. The Bertz CT molecular complexity index is 1160. The highest BCUT2D eigenvalue weighted by Gasteiger charge is 2.27. The minimum absolute atomic E-state index is 0.0484. The number of amides is 1. The van der Waals surface area contributed by atoms with Gasteiger partial charge in [-0.25, -0.2) is 9.78 Å². The van der Waals surface area contributed by atoms with Gasteiger partial charge in [-0.3, -0.25) is 4.79 Å². The van der Waals surface area contributed by atoms with Gasteiger partial charge < -0.3 is 29.4 Å². The summed E-state index contributed by atoms with van der Waals surface area (Å²) in [5, 5.41) is 12.7. The second-order valence-electron chi connectivity index (χ2n) is 8.91. The molecule has 0 saturated carbocycles. The molecule has 3 aromatic rings. The van der Waals surface area contributed by atoms with Gasteiger partial charge in [0.25, 0.3) is 5.91 Å². The Hall–Kier alpha value is -4.27. The van der Waals surface area contributed by atoms with Gasteiger partial charge in [0.2, 0.25) is 0 Å². The molecule has 9 heteroatoms. The normalized spacial score (nSPS) is 12.4. The Morgan fingerprint density at radius 1 is 0.842 bits per heavy atom. The van der Waals surface area contributed by atoms with Crippen molar-refractivity contribution in [2.45, 2.75) is 38.8 Å². The molecule has 202 valence electrons. The van der Waals surface area contributed by atoms with Gasteiger partial charge in [0.15, 0.2) is 17.2 Å². The summed E-state index contributed by atoms with van der Waals surface area (Å²) in [6.07, 6.45) is 2.19. The largest absolute Gasteiger partial charge is 0.503 e. The lowest BCUT2D eigenvalue weighted by Gasteiger charge is -2.26. The van der Waals surface area contributed by atoms with E-state index in [1.807, 2.05) is 55.5 Å². The zero-order valence-corrected chi connectivity index (χ0v) is 22.3. The molecule has 1 amide bonds. The Labute approximate surface area is 222 Å². The molecule has 0 spiro atoms. The predicted molar refractivity (Wildman–Crippen MR) is 142 cm³/mol. The van der Waals surface area contributed by atoms with Gasteiger partial charge in [0, 0.05) is 18.2 Å². The molecule has 0 aliphatic rings. The Morgan fingerprint density at radius 3 is 1.84 bits per heavy atom. The highest BCUT2D eigenvalue weighted by Crippen LogP contribution is 2.28. The van der Waals surface area contributed by atoms with Crippen molar-refractivity contribution in [3.63, 3.8) is 0 Å². The summed E-state index contributed by atoms with van der Waals surface area (Å²) in [7, 11) is 4.61. The van der Waals surface area contributed by atoms with E-state index >= 15 is 0 Å². The van der Waals surface area contributed by atoms with Gasteiger partial charge in [0.05, 0.1) is 21.3 Å². The van der Waals surface area contributed by atoms with Gasteiger partial charge in [-0.1, -0.05) is 24.3 Å². The standard InChI is InChI=1S/C29H34N2O7/c1-18(31-28(33)26-27(32)25(37-5)14-15-30-26)29(34)38-19(2)22(16-20-6-10-23(35-3)11-7-20)17-21-8-12-24(36-4)13-9-21/h6-15,18-19,22,32H,16-17H2,1-5H3,(H,31,33)/t18-,19-/m0/s1. The molecule has 2 aromatic carbocycles. The smallest absolute Gasteiger partial charge is 0.328 e. The van der Waals surface area contributed by atoms with Crippen LogP contribution in [0.4, 0.5) is 0 Å². The SMILES string of the molecule is COc1ccc(CC(Cc2ccc(OC)cc2)[C@H](C)OC(=O)[C@H](C)NC(=O)c2nccc(OC)c2O)cc1. The molecule has 2 atom stereocenters. The molecule has 2 N–H and O–H groups in total. The maximum Gasteiger partial charge on any atom is 0.328 e. The fourth-order valence-corrected chi connectivity index (χ4v) is 4.01. The van der Waals surface area contributed by atoms with Gasteiger partial charge in [0.1, 0.15) is 23.6 Å². The number of hydrogen-bond acceptors (Lipinski definition) is 8. The number of nitrogens with zero attached hydrogens (tertiary/aromatic N) is 1. The summed E-state index contributed by atoms with van der Waals surface area (Å²) in [5.74, 6) is -0.126. The van der Waals surface area contributed by atoms with Gasteiger partial charge in [-0.2, -0.15) is 0 Å². The number of nitrogens with one attached hydrogen (secondary N) is 1. The third kappa shape index (κ3) is 7.38. The van der Waals surface area contributed by atoms with E-state index < -0.39 is 29.8 Å². The Balaban J connectivity index is 1.71. The fourth-order valence-electron chi connectivity index (χ4n) is 4.01. The highest BCUT2D eigenvalue weighted by molar-refractivity contribution is 5.97. The lowest BCUT2D eigenvalue weighted by Crippen LogP contribution is -2.42. The summed E-state index contributed by atoms with van der Waals surface area (Å²) in [6, 6.07) is 16.0. The fraction of sp³-hybridized carbons (Fsp3) is 0.345. The molecular formula is C29H34N2O7. The lowest BCUT2D eigenvalue weighted by atomic mass is 9.88. The van der Waals surface area contributed by atoms with Crippen LogP contribution in [0.1, 0.15) is 35.5 Å². The number of aromatic nitrogens is 1. The monoisotopic (exact) mass is 522 g/mol. The van der Waals surface area contributed by atoms with Crippen molar-refractivity contribution in [1.29, 1.82) is 0 Å². The number of benzene rings is 2. The number of methoxy groups -OCH3 is 3. The molecule has 3 rings (SSSR count). The summed E-state index contributed by atoms with van der Waals surface area (Å²) in [6.45, 7) is 3.37. The maximum absolute atomic E-state index is 12.9. The molecule has 0 fully saturated rings. The molecule has 0 aliphatic heterocycles. The van der Waals surface area contributed by atoms with Crippen LogP contribution < -0.4 is 19.5 Å². The highest BCUT2D eigenvalue weighted by atomic mass is 16.5. The summed E-state index contributed by atoms with van der Waals surface area (Å²) >= 11 is 0. The third-order valence-corrected chi connectivity index (χ3v) is 6.30. The van der Waals surface area contributed by atoms with Gasteiger partial charge >= 0.3 is 5.97 Å². The second-order valence-corrected chi connectivity index (χ2v) is 8.91. The van der Waals surface area contributed by atoms with Crippen molar-refractivity contribution in [1.82, 2.24) is 10.3 Å². The van der Waals surface area contributed by atoms with Crippen molar-refractivity contribution in [3.05, 3.63) is 77.6 Å². The summed E-state index contributed by atoms with van der Waals surface area (Å²) in [4.78, 5) is 29.5. The molecule has 0 unspecified atom stereocenters. The number of esters is 1. The van der Waals surface area contributed by atoms with Crippen LogP contribution in [0.15, 0.2) is 60.8 Å². The molecule has 1 aromatic heterocycles. The van der Waals surface area contributed by atoms with Gasteiger partial charge in [-0.15, -0.1) is 0 Å². The van der Waals surface area contributed by atoms with Crippen molar-refractivity contribution in [2.24, 2.45) is 5.92 Å². The number of rotatable bonds is 12. The van der Waals surface area contributed by atoms with E-state index in [-0.39, 0.29) is 17.4 Å². The molecule has 0 radical (unpaired) electrons. The van der Waals surface area contributed by atoms with Crippen molar-refractivity contribution >= 4 is 11.9 Å². The number of carbonyl (C=O) groups is 2. The molecule has 38 heavy (non-hydrogen) atoms. The molecule has 0 bridgehead atoms. The summed E-state index contributed by atoms with van der Waals surface area (Å²) in [5.41, 5.74) is 1.91. The van der Waals surface area contributed by atoms with Crippen molar-refractivity contribution in [2.75, 3.05) is 21.3 Å². The van der Waals surface area contributed by atoms with Crippen LogP contribution >= 0.6 is 0 Å². The molecule has 0 aliphatic carbocycles. The topological polar surface area (TPSA) is 116 Å². The average molecular weight is 523 g/mol. The number of pyridine rings is 1. The van der Waals surface area contributed by atoms with E-state index in [1.54, 1.807) is 14.2 Å². The Morgan fingerprint density at radius 2 is 1.37 bits per heavy atom. The van der Waals surface area contributed by atoms with Crippen LogP contribution in [-0.4, -0.2) is 55.4 Å². The molecule has 0 saturated heterocycles. The van der Waals surface area contributed by atoms with Crippen LogP contribution in [0.25, 0.3) is 0 Å². The number of aromatic hydroxyl groups is 1. The third-order valence-electron chi connectivity index (χ3n) is 6.30. The van der Waals surface area contributed by atoms with Crippen molar-refractivity contribution in [3.8, 4) is 23.0 Å². The lowest BCUT2D eigenvalue weighted by molar-refractivity contribution is -0.152. The minimum Gasteiger partial charge on any atom is -0.503 e. The average Bonchev–Trinajstić information content (AvgIpc) is 2.93. The van der Waals surface area contributed by atoms with Crippen LogP contribution in [0.3, 0.4) is 0 Å². The number of carbonyl (C=O) groups excluding carboxylic acids is 2. The zero-order valence-electron chi connectivity index (χ0n) is 22.3.